The van der Waals surface area contributed by atoms with Crippen molar-refractivity contribution in [2.75, 3.05) is 14.2 Å². The van der Waals surface area contributed by atoms with Gasteiger partial charge in [0.05, 0.1) is 19.1 Å². The van der Waals surface area contributed by atoms with Gasteiger partial charge < -0.3 is 9.47 Å². The van der Waals surface area contributed by atoms with Crippen molar-refractivity contribution < 1.29 is 27.5 Å². The second-order valence-electron chi connectivity index (χ2n) is 8.33. The van der Waals surface area contributed by atoms with Crippen LogP contribution in [0.4, 0.5) is 0 Å². The zero-order chi connectivity index (χ0) is 27.6. The standard InChI is InChI=1S/C28H23BrINO6S/c1-17-13-15-19(16-14-17)38(34,35)31-25(20-11-7-8-12-21(20)29)24(30)22(18-9-5-4-6-10-18)23(27(32)36-2)26(31)28(33)37-3/h4-16,25H,1-3H3. The molecule has 3 aromatic rings. The van der Waals surface area contributed by atoms with Gasteiger partial charge in [0.25, 0.3) is 10.0 Å². The number of halogens is 2. The van der Waals surface area contributed by atoms with Crippen molar-refractivity contribution in [2.45, 2.75) is 17.9 Å². The highest BCUT2D eigenvalue weighted by Gasteiger charge is 2.47. The number of aryl methyl sites for hydroxylation is 1. The summed E-state index contributed by atoms with van der Waals surface area (Å²) in [6.45, 7) is 1.84. The number of hydrogen-bond donors (Lipinski definition) is 0. The van der Waals surface area contributed by atoms with Crippen molar-refractivity contribution in [1.82, 2.24) is 4.31 Å². The van der Waals surface area contributed by atoms with Gasteiger partial charge in [0.2, 0.25) is 0 Å². The van der Waals surface area contributed by atoms with Gasteiger partial charge in [-0.2, -0.15) is 0 Å². The van der Waals surface area contributed by atoms with E-state index in [0.717, 1.165) is 17.0 Å². The number of nitrogens with zero attached hydrogens (tertiary/aromatic N) is 1. The normalized spacial score (nSPS) is 15.9. The summed E-state index contributed by atoms with van der Waals surface area (Å²) in [7, 11) is -2.09. The molecule has 1 aliphatic heterocycles. The van der Waals surface area contributed by atoms with Crippen molar-refractivity contribution in [3.8, 4) is 0 Å². The molecule has 10 heteroatoms. The molecule has 1 heterocycles. The SMILES string of the molecule is COC(=O)C1=C(C(=O)OC)N(S(=O)(=O)c2ccc(C)cc2)C(c2ccccc2Br)C(I)=C1c1ccccc1. The third-order valence-corrected chi connectivity index (χ3v) is 9.66. The molecular formula is C28H23BrINO6S. The molecule has 0 saturated heterocycles. The minimum Gasteiger partial charge on any atom is -0.465 e. The van der Waals surface area contributed by atoms with E-state index in [-0.39, 0.29) is 10.5 Å². The van der Waals surface area contributed by atoms with Gasteiger partial charge in [-0.25, -0.2) is 22.3 Å². The fraction of sp³-hybridized carbons (Fsp3) is 0.143. The van der Waals surface area contributed by atoms with Crippen LogP contribution in [0.15, 0.2) is 103 Å². The summed E-state index contributed by atoms with van der Waals surface area (Å²) in [5.41, 5.74) is 1.81. The van der Waals surface area contributed by atoms with E-state index in [1.807, 2.05) is 13.0 Å². The van der Waals surface area contributed by atoms with Gasteiger partial charge in [-0.1, -0.05) is 82.2 Å². The molecule has 0 radical (unpaired) electrons. The van der Waals surface area contributed by atoms with Crippen LogP contribution >= 0.6 is 38.5 Å². The number of methoxy groups -OCH3 is 2. The van der Waals surface area contributed by atoms with E-state index in [9.17, 15) is 18.0 Å². The van der Waals surface area contributed by atoms with Crippen LogP contribution in [-0.2, 0) is 29.1 Å². The van der Waals surface area contributed by atoms with E-state index >= 15 is 0 Å². The van der Waals surface area contributed by atoms with E-state index in [1.54, 1.807) is 60.7 Å². The van der Waals surface area contributed by atoms with Gasteiger partial charge in [-0.3, -0.25) is 0 Å². The molecule has 0 fully saturated rings. The van der Waals surface area contributed by atoms with Crippen LogP contribution in [0.5, 0.6) is 0 Å². The van der Waals surface area contributed by atoms with Crippen molar-refractivity contribution in [2.24, 2.45) is 0 Å². The molecule has 1 atom stereocenters. The predicted molar refractivity (Wildman–Crippen MR) is 156 cm³/mol. The molecule has 3 aromatic carbocycles. The van der Waals surface area contributed by atoms with Crippen LogP contribution in [0.1, 0.15) is 22.7 Å². The monoisotopic (exact) mass is 707 g/mol. The van der Waals surface area contributed by atoms with Crippen molar-refractivity contribution in [3.05, 3.63) is 115 Å². The van der Waals surface area contributed by atoms with Crippen LogP contribution in [0.25, 0.3) is 5.57 Å². The van der Waals surface area contributed by atoms with Crippen LogP contribution < -0.4 is 0 Å². The van der Waals surface area contributed by atoms with Gasteiger partial charge in [0.1, 0.15) is 11.6 Å². The highest BCUT2D eigenvalue weighted by atomic mass is 127. The van der Waals surface area contributed by atoms with Crippen molar-refractivity contribution in [1.29, 1.82) is 0 Å². The van der Waals surface area contributed by atoms with E-state index in [4.69, 9.17) is 9.47 Å². The Labute approximate surface area is 243 Å². The maximum atomic E-state index is 14.4. The van der Waals surface area contributed by atoms with Gasteiger partial charge in [-0.05, 0) is 58.8 Å². The molecule has 38 heavy (non-hydrogen) atoms. The highest BCUT2D eigenvalue weighted by Crippen LogP contribution is 2.51. The molecule has 0 aromatic heterocycles. The first-order valence-electron chi connectivity index (χ1n) is 11.3. The Kier molecular flexibility index (Phi) is 8.43. The number of carbonyl (C=O) groups is 2. The van der Waals surface area contributed by atoms with Gasteiger partial charge in [0.15, 0.2) is 5.70 Å². The minimum atomic E-state index is -4.40. The number of carbonyl (C=O) groups excluding carboxylic acids is 2. The molecule has 0 saturated carbocycles. The lowest BCUT2D eigenvalue weighted by atomic mass is 9.89. The van der Waals surface area contributed by atoms with E-state index in [2.05, 4.69) is 38.5 Å². The largest absolute Gasteiger partial charge is 0.465 e. The maximum Gasteiger partial charge on any atom is 0.356 e. The third kappa shape index (κ3) is 5.04. The summed E-state index contributed by atoms with van der Waals surface area (Å²) in [5.74, 6) is -1.86. The van der Waals surface area contributed by atoms with Gasteiger partial charge in [0, 0.05) is 13.6 Å². The Morgan fingerprint density at radius 3 is 2.03 bits per heavy atom. The van der Waals surface area contributed by atoms with E-state index in [1.165, 1.54) is 19.2 Å². The quantitative estimate of drug-likeness (QED) is 0.233. The Bertz CT molecular complexity index is 1570. The Hall–Kier alpha value is -2.96. The lowest BCUT2D eigenvalue weighted by Crippen LogP contribution is -2.42. The van der Waals surface area contributed by atoms with Crippen LogP contribution in [0, 0.1) is 6.92 Å². The Morgan fingerprint density at radius 2 is 1.45 bits per heavy atom. The van der Waals surface area contributed by atoms with E-state index in [0.29, 0.717) is 24.8 Å². The fourth-order valence-corrected chi connectivity index (χ4v) is 7.73. The molecule has 1 unspecified atom stereocenters. The highest BCUT2D eigenvalue weighted by molar-refractivity contribution is 14.1. The Morgan fingerprint density at radius 1 is 0.868 bits per heavy atom. The average molecular weight is 708 g/mol. The first-order valence-corrected chi connectivity index (χ1v) is 14.7. The summed E-state index contributed by atoms with van der Waals surface area (Å²) in [5, 5.41) is 0. The van der Waals surface area contributed by atoms with Crippen LogP contribution in [-0.4, -0.2) is 38.9 Å². The van der Waals surface area contributed by atoms with Crippen molar-refractivity contribution in [3.63, 3.8) is 0 Å². The minimum absolute atomic E-state index is 0.0434. The molecule has 0 N–H and O–H groups in total. The number of rotatable bonds is 6. The Balaban J connectivity index is 2.18. The molecule has 0 aliphatic carbocycles. The zero-order valence-electron chi connectivity index (χ0n) is 20.6. The molecule has 0 spiro atoms. The first-order chi connectivity index (χ1) is 18.1. The summed E-state index contributed by atoms with van der Waals surface area (Å²) in [4.78, 5) is 26.7. The van der Waals surface area contributed by atoms with E-state index < -0.39 is 33.7 Å². The molecule has 7 nitrogen and oxygen atoms in total. The number of esters is 2. The lowest BCUT2D eigenvalue weighted by molar-refractivity contribution is -0.140. The predicted octanol–water partition coefficient (Wildman–Crippen LogP) is 5.95. The van der Waals surface area contributed by atoms with Gasteiger partial charge >= 0.3 is 11.9 Å². The lowest BCUT2D eigenvalue weighted by Gasteiger charge is -2.39. The van der Waals surface area contributed by atoms with Gasteiger partial charge in [-0.15, -0.1) is 0 Å². The van der Waals surface area contributed by atoms with Crippen LogP contribution in [0.3, 0.4) is 0 Å². The van der Waals surface area contributed by atoms with Crippen molar-refractivity contribution >= 4 is 66.1 Å². The third-order valence-electron chi connectivity index (χ3n) is 6.03. The molecule has 4 rings (SSSR count). The molecule has 1 aliphatic rings. The maximum absolute atomic E-state index is 14.4. The smallest absolute Gasteiger partial charge is 0.356 e. The molecule has 0 bridgehead atoms. The second kappa shape index (κ2) is 11.4. The summed E-state index contributed by atoms with van der Waals surface area (Å²) >= 11 is 5.61. The first kappa shape index (κ1) is 28.1. The molecular weight excluding hydrogens is 685 g/mol. The fourth-order valence-electron chi connectivity index (χ4n) is 4.24. The number of ether oxygens (including phenoxy) is 2. The number of benzene rings is 3. The molecule has 0 amide bonds. The topological polar surface area (TPSA) is 90.0 Å². The van der Waals surface area contributed by atoms with Crippen LogP contribution in [0.2, 0.25) is 0 Å². The second-order valence-corrected chi connectivity index (χ2v) is 12.2. The number of hydrogen-bond acceptors (Lipinski definition) is 6. The summed E-state index contributed by atoms with van der Waals surface area (Å²) in [6.07, 6.45) is 0. The average Bonchev–Trinajstić information content (AvgIpc) is 2.92. The number of sulfonamides is 1. The molecule has 196 valence electrons. The zero-order valence-corrected chi connectivity index (χ0v) is 25.2. The summed E-state index contributed by atoms with van der Waals surface area (Å²) in [6, 6.07) is 21.4. The summed E-state index contributed by atoms with van der Waals surface area (Å²) < 4.78 is 41.0.